The summed E-state index contributed by atoms with van der Waals surface area (Å²) in [6, 6.07) is 13.5. The largest absolute Gasteiger partial charge is 0.390 e. The monoisotopic (exact) mass is 357 g/mol. The molecule has 0 fully saturated rings. The van der Waals surface area contributed by atoms with Gasteiger partial charge in [-0.3, -0.25) is 4.79 Å². The maximum atomic E-state index is 12.8. The van der Waals surface area contributed by atoms with Gasteiger partial charge in [-0.05, 0) is 34.4 Å². The average Bonchev–Trinajstić information content (AvgIpc) is 2.73. The van der Waals surface area contributed by atoms with E-state index in [0.717, 1.165) is 22.3 Å². The van der Waals surface area contributed by atoms with Gasteiger partial charge in [0, 0.05) is 36.9 Å². The molecule has 0 saturated heterocycles. The van der Waals surface area contributed by atoms with Gasteiger partial charge in [0.25, 0.3) is 0 Å². The maximum Gasteiger partial charge on any atom is 0.223 e. The third-order valence-corrected chi connectivity index (χ3v) is 5.54. The van der Waals surface area contributed by atoms with E-state index < -0.39 is 12.2 Å². The standard InChI is InChI=1S/C20H20ClNO3/c21-15-6-4-12(5-7-15)10-22-11-14-3-1-2-13-8-17(23)20(25)16(19(13)14)9-18(22)24/h1-7,16-17,20,23,25H,8-11H2/t16-,17-,20+/m1/s1. The first-order valence-corrected chi connectivity index (χ1v) is 8.89. The predicted octanol–water partition coefficient (Wildman–Crippen LogP) is 2.63. The highest BCUT2D eigenvalue weighted by molar-refractivity contribution is 6.30. The van der Waals surface area contributed by atoms with Crippen molar-refractivity contribution < 1.29 is 15.0 Å². The lowest BCUT2D eigenvalue weighted by molar-refractivity contribution is -0.133. The average molecular weight is 358 g/mol. The molecule has 5 heteroatoms. The number of hydrogen-bond acceptors (Lipinski definition) is 3. The Hall–Kier alpha value is -1.88. The first-order chi connectivity index (χ1) is 12.0. The van der Waals surface area contributed by atoms with E-state index in [1.165, 1.54) is 0 Å². The number of aliphatic hydroxyl groups is 2. The van der Waals surface area contributed by atoms with Crippen LogP contribution >= 0.6 is 11.6 Å². The van der Waals surface area contributed by atoms with Gasteiger partial charge >= 0.3 is 0 Å². The second-order valence-corrected chi connectivity index (χ2v) is 7.38. The molecule has 2 aromatic carbocycles. The zero-order chi connectivity index (χ0) is 17.6. The molecule has 4 nitrogen and oxygen atoms in total. The molecule has 0 saturated carbocycles. The predicted molar refractivity (Wildman–Crippen MR) is 95.2 cm³/mol. The quantitative estimate of drug-likeness (QED) is 0.868. The Balaban J connectivity index is 1.68. The van der Waals surface area contributed by atoms with Crippen molar-refractivity contribution in [1.82, 2.24) is 4.90 Å². The van der Waals surface area contributed by atoms with Crippen molar-refractivity contribution in [3.8, 4) is 0 Å². The zero-order valence-corrected chi connectivity index (χ0v) is 14.5. The Bertz CT molecular complexity index is 805. The van der Waals surface area contributed by atoms with Gasteiger partial charge in [-0.2, -0.15) is 0 Å². The third kappa shape index (κ3) is 3.06. The van der Waals surface area contributed by atoms with Gasteiger partial charge in [0.2, 0.25) is 5.91 Å². The molecular weight excluding hydrogens is 338 g/mol. The van der Waals surface area contributed by atoms with E-state index in [4.69, 9.17) is 11.6 Å². The van der Waals surface area contributed by atoms with Crippen molar-refractivity contribution in [3.63, 3.8) is 0 Å². The molecule has 0 spiro atoms. The molecule has 25 heavy (non-hydrogen) atoms. The minimum atomic E-state index is -0.895. The number of rotatable bonds is 2. The topological polar surface area (TPSA) is 60.8 Å². The second kappa shape index (κ2) is 6.45. The van der Waals surface area contributed by atoms with Crippen LogP contribution in [0.5, 0.6) is 0 Å². The van der Waals surface area contributed by atoms with E-state index in [1.807, 2.05) is 47.4 Å². The van der Waals surface area contributed by atoms with E-state index in [2.05, 4.69) is 0 Å². The summed E-state index contributed by atoms with van der Waals surface area (Å²) in [5, 5.41) is 21.3. The zero-order valence-electron chi connectivity index (χ0n) is 13.7. The summed E-state index contributed by atoms with van der Waals surface area (Å²) in [6.07, 6.45) is -1.06. The fraction of sp³-hybridized carbons (Fsp3) is 0.350. The Kier molecular flexibility index (Phi) is 4.28. The molecule has 1 heterocycles. The Morgan fingerprint density at radius 3 is 2.52 bits per heavy atom. The van der Waals surface area contributed by atoms with Gasteiger partial charge in [0.15, 0.2) is 0 Å². The van der Waals surface area contributed by atoms with Gasteiger partial charge in [-0.1, -0.05) is 41.9 Å². The van der Waals surface area contributed by atoms with Crippen LogP contribution in [0.2, 0.25) is 5.02 Å². The molecule has 2 aromatic rings. The van der Waals surface area contributed by atoms with Crippen LogP contribution in [0, 0.1) is 0 Å². The molecular formula is C20H20ClNO3. The molecule has 0 aromatic heterocycles. The van der Waals surface area contributed by atoms with E-state index in [-0.39, 0.29) is 18.2 Å². The third-order valence-electron chi connectivity index (χ3n) is 5.29. The smallest absolute Gasteiger partial charge is 0.223 e. The lowest BCUT2D eigenvalue weighted by Crippen LogP contribution is -2.39. The number of hydrogen-bond donors (Lipinski definition) is 2. The molecule has 130 valence electrons. The molecule has 0 bridgehead atoms. The van der Waals surface area contributed by atoms with Crippen molar-refractivity contribution in [2.45, 2.75) is 44.1 Å². The fourth-order valence-corrected chi connectivity index (χ4v) is 4.16. The lowest BCUT2D eigenvalue weighted by Gasteiger charge is -2.33. The summed E-state index contributed by atoms with van der Waals surface area (Å²) < 4.78 is 0. The summed E-state index contributed by atoms with van der Waals surface area (Å²) in [5.41, 5.74) is 4.17. The SMILES string of the molecule is O=C1C[C@@H]2c3c(cccc3CN1Cc1ccc(Cl)cc1)C[C@@H](O)[C@H]2O. The van der Waals surface area contributed by atoms with Crippen LogP contribution in [0.4, 0.5) is 0 Å². The minimum absolute atomic E-state index is 0.00440. The molecule has 4 rings (SSSR count). The molecule has 3 atom stereocenters. The summed E-state index contributed by atoms with van der Waals surface area (Å²) in [6.45, 7) is 1.02. The van der Waals surface area contributed by atoms with Gasteiger partial charge in [0.05, 0.1) is 12.2 Å². The number of amides is 1. The van der Waals surface area contributed by atoms with Gasteiger partial charge < -0.3 is 15.1 Å². The van der Waals surface area contributed by atoms with Crippen LogP contribution < -0.4 is 0 Å². The van der Waals surface area contributed by atoms with Crippen molar-refractivity contribution in [1.29, 1.82) is 0 Å². The number of benzene rings is 2. The number of nitrogens with zero attached hydrogens (tertiary/aromatic N) is 1. The van der Waals surface area contributed by atoms with Crippen LogP contribution in [-0.4, -0.2) is 33.2 Å². The summed E-state index contributed by atoms with van der Waals surface area (Å²) >= 11 is 5.94. The first-order valence-electron chi connectivity index (χ1n) is 8.52. The Labute approximate surface area is 151 Å². The summed E-state index contributed by atoms with van der Waals surface area (Å²) in [7, 11) is 0. The number of halogens is 1. The maximum absolute atomic E-state index is 12.8. The molecule has 1 aliphatic carbocycles. The molecule has 0 unspecified atom stereocenters. The van der Waals surface area contributed by atoms with E-state index in [9.17, 15) is 15.0 Å². The normalized spacial score (nSPS) is 25.5. The summed E-state index contributed by atoms with van der Waals surface area (Å²) in [4.78, 5) is 14.6. The Morgan fingerprint density at radius 1 is 1.04 bits per heavy atom. The van der Waals surface area contributed by atoms with E-state index in [0.29, 0.717) is 24.5 Å². The van der Waals surface area contributed by atoms with Crippen LogP contribution in [0.3, 0.4) is 0 Å². The molecule has 1 aliphatic heterocycles. The number of carbonyl (C=O) groups is 1. The van der Waals surface area contributed by atoms with E-state index >= 15 is 0 Å². The molecule has 2 aliphatic rings. The Morgan fingerprint density at radius 2 is 1.76 bits per heavy atom. The first kappa shape index (κ1) is 16.6. The van der Waals surface area contributed by atoms with Gasteiger partial charge in [0.1, 0.15) is 0 Å². The molecule has 1 amide bonds. The van der Waals surface area contributed by atoms with Crippen LogP contribution in [0.15, 0.2) is 42.5 Å². The highest BCUT2D eigenvalue weighted by Gasteiger charge is 2.40. The lowest BCUT2D eigenvalue weighted by atomic mass is 9.76. The fourth-order valence-electron chi connectivity index (χ4n) is 4.03. The van der Waals surface area contributed by atoms with Crippen molar-refractivity contribution in [3.05, 3.63) is 69.7 Å². The van der Waals surface area contributed by atoms with Crippen molar-refractivity contribution in [2.24, 2.45) is 0 Å². The van der Waals surface area contributed by atoms with Gasteiger partial charge in [-0.15, -0.1) is 0 Å². The molecule has 2 N–H and O–H groups in total. The highest BCUT2D eigenvalue weighted by Crippen LogP contribution is 2.40. The van der Waals surface area contributed by atoms with Gasteiger partial charge in [-0.25, -0.2) is 0 Å². The van der Waals surface area contributed by atoms with E-state index in [1.54, 1.807) is 0 Å². The molecule has 0 radical (unpaired) electrons. The van der Waals surface area contributed by atoms with Crippen molar-refractivity contribution in [2.75, 3.05) is 0 Å². The second-order valence-electron chi connectivity index (χ2n) is 6.94. The number of carbonyl (C=O) groups excluding carboxylic acids is 1. The number of aliphatic hydroxyl groups excluding tert-OH is 2. The van der Waals surface area contributed by atoms with Crippen molar-refractivity contribution >= 4 is 17.5 Å². The summed E-state index contributed by atoms with van der Waals surface area (Å²) in [5.74, 6) is -0.340. The van der Waals surface area contributed by atoms with Crippen LogP contribution in [-0.2, 0) is 24.3 Å². The highest BCUT2D eigenvalue weighted by atomic mass is 35.5. The van der Waals surface area contributed by atoms with Crippen LogP contribution in [0.1, 0.15) is 34.6 Å². The minimum Gasteiger partial charge on any atom is -0.390 e. The van der Waals surface area contributed by atoms with Crippen LogP contribution in [0.25, 0.3) is 0 Å².